The molecule has 0 fully saturated rings. The van der Waals surface area contributed by atoms with E-state index in [1.54, 1.807) is 0 Å². The van der Waals surface area contributed by atoms with Crippen LogP contribution in [0.15, 0.2) is 10.7 Å². The van der Waals surface area contributed by atoms with Gasteiger partial charge in [0, 0.05) is 17.2 Å². The monoisotopic (exact) mass is 320 g/mol. The van der Waals surface area contributed by atoms with Crippen LogP contribution in [0.1, 0.15) is 17.7 Å². The number of aromatic nitrogens is 1. The van der Waals surface area contributed by atoms with Crippen LogP contribution in [0.4, 0.5) is 22.0 Å². The maximum atomic E-state index is 12.6. The van der Waals surface area contributed by atoms with Crippen LogP contribution in [0, 0.1) is 0 Å². The fraction of sp³-hybridized carbons (Fsp3) is 0.375. The van der Waals surface area contributed by atoms with Gasteiger partial charge in [-0.25, -0.2) is 8.78 Å². The molecule has 96 valence electrons. The van der Waals surface area contributed by atoms with Crippen molar-refractivity contribution in [2.24, 2.45) is 5.73 Å². The van der Waals surface area contributed by atoms with Gasteiger partial charge in [-0.3, -0.25) is 4.98 Å². The Labute approximate surface area is 101 Å². The lowest BCUT2D eigenvalue weighted by Crippen LogP contribution is -2.20. The number of hydrogen-bond acceptors (Lipinski definition) is 3. The second kappa shape index (κ2) is 5.13. The third-order valence-corrected chi connectivity index (χ3v) is 2.36. The van der Waals surface area contributed by atoms with E-state index in [4.69, 9.17) is 5.73 Å². The molecule has 0 aliphatic carbocycles. The highest BCUT2D eigenvalue weighted by molar-refractivity contribution is 9.10. The maximum absolute atomic E-state index is 12.6. The summed E-state index contributed by atoms with van der Waals surface area (Å²) in [6, 6.07) is 0. The molecule has 0 radical (unpaired) electrons. The number of nitrogens with two attached hydrogens (primary N) is 1. The first-order chi connectivity index (χ1) is 7.76. The molecule has 0 aliphatic rings. The molecule has 0 saturated heterocycles. The lowest BCUT2D eigenvalue weighted by Gasteiger charge is -2.16. The van der Waals surface area contributed by atoms with E-state index in [0.29, 0.717) is 0 Å². The normalized spacial score (nSPS) is 12.0. The number of ether oxygens (including phenoxy) is 1. The Hall–Kier alpha value is -0.960. The molecule has 0 bridgehead atoms. The molecule has 9 heteroatoms. The molecule has 3 nitrogen and oxygen atoms in total. The van der Waals surface area contributed by atoms with Crippen LogP contribution < -0.4 is 10.5 Å². The molecule has 0 aromatic carbocycles. The quantitative estimate of drug-likeness (QED) is 0.870. The summed E-state index contributed by atoms with van der Waals surface area (Å²) in [4.78, 5) is 3.49. The Kier molecular flexibility index (Phi) is 4.26. The SMILES string of the molecule is NCc1ncc(Br)c(C(F)F)c1OC(F)(F)F. The van der Waals surface area contributed by atoms with Crippen molar-refractivity contribution >= 4 is 15.9 Å². The van der Waals surface area contributed by atoms with Crippen LogP contribution in [-0.2, 0) is 6.54 Å². The Morgan fingerprint density at radius 1 is 1.41 bits per heavy atom. The van der Waals surface area contributed by atoms with Crippen molar-refractivity contribution in [3.63, 3.8) is 0 Å². The van der Waals surface area contributed by atoms with E-state index in [-0.39, 0.29) is 10.2 Å². The van der Waals surface area contributed by atoms with Gasteiger partial charge in [0.05, 0.1) is 11.3 Å². The first-order valence-corrected chi connectivity index (χ1v) is 4.96. The fourth-order valence-corrected chi connectivity index (χ4v) is 1.56. The van der Waals surface area contributed by atoms with Gasteiger partial charge in [0.25, 0.3) is 6.43 Å². The van der Waals surface area contributed by atoms with Crippen LogP contribution in [-0.4, -0.2) is 11.3 Å². The first kappa shape index (κ1) is 14.1. The number of alkyl halides is 5. The van der Waals surface area contributed by atoms with Crippen molar-refractivity contribution in [2.75, 3.05) is 0 Å². The summed E-state index contributed by atoms with van der Waals surface area (Å²) in [6.07, 6.45) is -7.28. The zero-order valence-corrected chi connectivity index (χ0v) is 9.65. The molecule has 1 aromatic rings. The van der Waals surface area contributed by atoms with Crippen LogP contribution in [0.2, 0.25) is 0 Å². The van der Waals surface area contributed by atoms with E-state index in [0.717, 1.165) is 6.20 Å². The molecule has 0 spiro atoms. The van der Waals surface area contributed by atoms with Crippen LogP contribution >= 0.6 is 15.9 Å². The van der Waals surface area contributed by atoms with Crippen molar-refractivity contribution in [1.82, 2.24) is 4.98 Å². The second-order valence-electron chi connectivity index (χ2n) is 2.85. The van der Waals surface area contributed by atoms with Crippen molar-refractivity contribution in [2.45, 2.75) is 19.3 Å². The molecule has 0 amide bonds. The van der Waals surface area contributed by atoms with Gasteiger partial charge in [0.1, 0.15) is 0 Å². The van der Waals surface area contributed by atoms with E-state index in [1.165, 1.54) is 0 Å². The zero-order valence-electron chi connectivity index (χ0n) is 8.06. The summed E-state index contributed by atoms with van der Waals surface area (Å²) in [5.74, 6) is -1.05. The second-order valence-corrected chi connectivity index (χ2v) is 3.70. The van der Waals surface area contributed by atoms with Crippen molar-refractivity contribution in [3.8, 4) is 5.75 Å². The molecular formula is C8H6BrF5N2O. The minimum atomic E-state index is -5.09. The van der Waals surface area contributed by atoms with Gasteiger partial charge in [-0.2, -0.15) is 0 Å². The number of hydrogen-bond donors (Lipinski definition) is 1. The Morgan fingerprint density at radius 3 is 2.41 bits per heavy atom. The number of halogens is 6. The average Bonchev–Trinajstić information content (AvgIpc) is 2.15. The van der Waals surface area contributed by atoms with Gasteiger partial charge in [-0.1, -0.05) is 0 Å². The predicted molar refractivity (Wildman–Crippen MR) is 51.5 cm³/mol. The van der Waals surface area contributed by atoms with Crippen LogP contribution in [0.3, 0.4) is 0 Å². The fourth-order valence-electron chi connectivity index (χ4n) is 1.11. The minimum absolute atomic E-state index is 0.274. The van der Waals surface area contributed by atoms with Crippen molar-refractivity contribution < 1.29 is 26.7 Å². The predicted octanol–water partition coefficient (Wildman–Crippen LogP) is 3.14. The van der Waals surface area contributed by atoms with E-state index < -0.39 is 30.6 Å². The molecule has 2 N–H and O–H groups in total. The number of nitrogens with zero attached hydrogens (tertiary/aromatic N) is 1. The maximum Gasteiger partial charge on any atom is 0.573 e. The van der Waals surface area contributed by atoms with E-state index in [9.17, 15) is 22.0 Å². The van der Waals surface area contributed by atoms with Gasteiger partial charge < -0.3 is 10.5 Å². The standard InChI is InChI=1S/C8H6BrF5N2O/c9-3-2-16-4(1-15)6(5(3)7(10)11)17-8(12,13)14/h2,7H,1,15H2. The van der Waals surface area contributed by atoms with Gasteiger partial charge >= 0.3 is 6.36 Å². The highest BCUT2D eigenvalue weighted by Gasteiger charge is 2.35. The van der Waals surface area contributed by atoms with Gasteiger partial charge in [-0.15, -0.1) is 13.2 Å². The molecule has 1 aromatic heterocycles. The smallest absolute Gasteiger partial charge is 0.403 e. The molecule has 1 rings (SSSR count). The van der Waals surface area contributed by atoms with Gasteiger partial charge in [-0.05, 0) is 15.9 Å². The molecule has 1 heterocycles. The highest BCUT2D eigenvalue weighted by Crippen LogP contribution is 2.39. The number of rotatable bonds is 3. The average molecular weight is 321 g/mol. The number of pyridine rings is 1. The summed E-state index contributed by atoms with van der Waals surface area (Å²) in [5.41, 5.74) is 3.81. The molecule has 0 saturated carbocycles. The van der Waals surface area contributed by atoms with Crippen LogP contribution in [0.5, 0.6) is 5.75 Å². The molecular weight excluding hydrogens is 315 g/mol. The first-order valence-electron chi connectivity index (χ1n) is 4.17. The van der Waals surface area contributed by atoms with E-state index >= 15 is 0 Å². The summed E-state index contributed by atoms with van der Waals surface area (Å²) in [6.45, 7) is -0.446. The molecule has 17 heavy (non-hydrogen) atoms. The zero-order chi connectivity index (χ0) is 13.2. The third-order valence-electron chi connectivity index (χ3n) is 1.73. The van der Waals surface area contributed by atoms with Crippen LogP contribution in [0.25, 0.3) is 0 Å². The summed E-state index contributed by atoms with van der Waals surface area (Å²) in [7, 11) is 0. The third kappa shape index (κ3) is 3.50. The lowest BCUT2D eigenvalue weighted by molar-refractivity contribution is -0.275. The molecule has 0 aliphatic heterocycles. The lowest BCUT2D eigenvalue weighted by atomic mass is 10.2. The van der Waals surface area contributed by atoms with Crippen molar-refractivity contribution in [1.29, 1.82) is 0 Å². The molecule has 0 unspecified atom stereocenters. The van der Waals surface area contributed by atoms with E-state index in [2.05, 4.69) is 25.7 Å². The largest absolute Gasteiger partial charge is 0.573 e. The summed E-state index contributed by atoms with van der Waals surface area (Å²) in [5, 5.41) is 0. The summed E-state index contributed by atoms with van der Waals surface area (Å²) >= 11 is 2.69. The highest BCUT2D eigenvalue weighted by atomic mass is 79.9. The van der Waals surface area contributed by atoms with E-state index in [1.807, 2.05) is 0 Å². The van der Waals surface area contributed by atoms with Crippen molar-refractivity contribution in [3.05, 3.63) is 21.9 Å². The summed E-state index contributed by atoms with van der Waals surface area (Å²) < 4.78 is 64.8. The van der Waals surface area contributed by atoms with Gasteiger partial charge in [0.15, 0.2) is 5.75 Å². The Morgan fingerprint density at radius 2 is 2.00 bits per heavy atom. The topological polar surface area (TPSA) is 48.1 Å². The van der Waals surface area contributed by atoms with Gasteiger partial charge in [0.2, 0.25) is 0 Å². The molecule has 0 atom stereocenters. The Balaban J connectivity index is 3.35. The Bertz CT molecular complexity index is 410. The minimum Gasteiger partial charge on any atom is -0.403 e.